The van der Waals surface area contributed by atoms with E-state index < -0.39 is 0 Å². The Labute approximate surface area is 118 Å². The van der Waals surface area contributed by atoms with Crippen molar-refractivity contribution in [1.82, 2.24) is 5.32 Å². The zero-order chi connectivity index (χ0) is 13.1. The molecule has 3 heteroatoms. The van der Waals surface area contributed by atoms with E-state index in [0.29, 0.717) is 6.04 Å². The Morgan fingerprint density at radius 1 is 1.39 bits per heavy atom. The molecular formula is C15H21BrN2. The van der Waals surface area contributed by atoms with Gasteiger partial charge in [0.2, 0.25) is 0 Å². The van der Waals surface area contributed by atoms with Crippen LogP contribution >= 0.6 is 15.9 Å². The molecule has 0 saturated carbocycles. The zero-order valence-electron chi connectivity index (χ0n) is 11.3. The topological polar surface area (TPSA) is 15.3 Å². The number of benzene rings is 1. The van der Waals surface area contributed by atoms with Gasteiger partial charge in [-0.1, -0.05) is 17.7 Å². The predicted molar refractivity (Wildman–Crippen MR) is 82.2 cm³/mol. The smallest absolute Gasteiger partial charge is 0.0513 e. The Balaban J connectivity index is 2.22. The Morgan fingerprint density at radius 3 is 2.78 bits per heavy atom. The van der Waals surface area contributed by atoms with Gasteiger partial charge >= 0.3 is 0 Å². The first-order valence-corrected chi connectivity index (χ1v) is 7.28. The standard InChI is InChI=1S/C15H21BrN2/c1-11-5-4-8-18(10-11)15-7-6-13(9-14(15)16)12(2)17-3/h5-7,9,12,17H,4,8,10H2,1-3H3. The molecule has 18 heavy (non-hydrogen) atoms. The van der Waals surface area contributed by atoms with E-state index in [-0.39, 0.29) is 0 Å². The van der Waals surface area contributed by atoms with E-state index in [1.54, 1.807) is 0 Å². The van der Waals surface area contributed by atoms with Gasteiger partial charge in [-0.15, -0.1) is 0 Å². The van der Waals surface area contributed by atoms with Crippen LogP contribution in [0.2, 0.25) is 0 Å². The second-order valence-corrected chi connectivity index (χ2v) is 5.84. The fourth-order valence-electron chi connectivity index (χ4n) is 2.33. The summed E-state index contributed by atoms with van der Waals surface area (Å²) in [5.74, 6) is 0. The Morgan fingerprint density at radius 2 is 2.17 bits per heavy atom. The highest BCUT2D eigenvalue weighted by Gasteiger charge is 2.14. The molecule has 1 atom stereocenters. The number of anilines is 1. The average molecular weight is 309 g/mol. The summed E-state index contributed by atoms with van der Waals surface area (Å²) in [5.41, 5.74) is 4.08. The lowest BCUT2D eigenvalue weighted by Crippen LogP contribution is -2.29. The van der Waals surface area contributed by atoms with Gasteiger partial charge in [0.25, 0.3) is 0 Å². The van der Waals surface area contributed by atoms with Crippen LogP contribution in [-0.2, 0) is 0 Å². The molecule has 2 nitrogen and oxygen atoms in total. The highest BCUT2D eigenvalue weighted by molar-refractivity contribution is 9.10. The molecule has 1 heterocycles. The van der Waals surface area contributed by atoms with E-state index in [4.69, 9.17) is 0 Å². The number of hydrogen-bond acceptors (Lipinski definition) is 2. The van der Waals surface area contributed by atoms with Crippen molar-refractivity contribution in [3.8, 4) is 0 Å². The van der Waals surface area contributed by atoms with Crippen molar-refractivity contribution in [2.24, 2.45) is 0 Å². The summed E-state index contributed by atoms with van der Waals surface area (Å²) in [7, 11) is 1.99. The highest BCUT2D eigenvalue weighted by atomic mass is 79.9. The number of hydrogen-bond donors (Lipinski definition) is 1. The number of halogens is 1. The Hall–Kier alpha value is -0.800. The second-order valence-electron chi connectivity index (χ2n) is 4.98. The molecule has 0 bridgehead atoms. The van der Waals surface area contributed by atoms with Crippen molar-refractivity contribution in [3.05, 3.63) is 39.9 Å². The van der Waals surface area contributed by atoms with Crippen LogP contribution in [0.5, 0.6) is 0 Å². The van der Waals surface area contributed by atoms with Crippen molar-refractivity contribution < 1.29 is 0 Å². The lowest BCUT2D eigenvalue weighted by molar-refractivity contribution is 0.651. The molecule has 0 fully saturated rings. The largest absolute Gasteiger partial charge is 0.366 e. The fourth-order valence-corrected chi connectivity index (χ4v) is 2.98. The maximum Gasteiger partial charge on any atom is 0.0513 e. The van der Waals surface area contributed by atoms with E-state index in [0.717, 1.165) is 19.5 Å². The van der Waals surface area contributed by atoms with Gasteiger partial charge in [-0.3, -0.25) is 0 Å². The molecule has 1 aliphatic heterocycles. The molecule has 2 rings (SSSR count). The summed E-state index contributed by atoms with van der Waals surface area (Å²) in [5, 5.41) is 3.27. The zero-order valence-corrected chi connectivity index (χ0v) is 12.9. The maximum absolute atomic E-state index is 3.71. The molecule has 0 radical (unpaired) electrons. The van der Waals surface area contributed by atoms with Gasteiger partial charge in [0.15, 0.2) is 0 Å². The summed E-state index contributed by atoms with van der Waals surface area (Å²) >= 11 is 3.71. The monoisotopic (exact) mass is 308 g/mol. The average Bonchev–Trinajstić information content (AvgIpc) is 2.37. The third kappa shape index (κ3) is 2.96. The van der Waals surface area contributed by atoms with Crippen LogP contribution in [0, 0.1) is 0 Å². The summed E-state index contributed by atoms with van der Waals surface area (Å²) in [4.78, 5) is 2.44. The highest BCUT2D eigenvalue weighted by Crippen LogP contribution is 2.31. The van der Waals surface area contributed by atoms with Gasteiger partial charge in [-0.05, 0) is 60.9 Å². The minimum absolute atomic E-state index is 0.387. The molecule has 1 unspecified atom stereocenters. The molecule has 98 valence electrons. The van der Waals surface area contributed by atoms with Crippen LogP contribution in [0.3, 0.4) is 0 Å². The van der Waals surface area contributed by atoms with Gasteiger partial charge in [0, 0.05) is 23.6 Å². The molecule has 0 saturated heterocycles. The van der Waals surface area contributed by atoms with Crippen molar-refractivity contribution in [3.63, 3.8) is 0 Å². The van der Waals surface area contributed by atoms with Gasteiger partial charge in [0.1, 0.15) is 0 Å². The molecule has 1 aromatic rings. The Bertz CT molecular complexity index is 454. The molecular weight excluding hydrogens is 288 g/mol. The normalized spacial score (nSPS) is 17.6. The van der Waals surface area contributed by atoms with E-state index in [9.17, 15) is 0 Å². The van der Waals surface area contributed by atoms with Crippen LogP contribution < -0.4 is 10.2 Å². The molecule has 1 N–H and O–H groups in total. The lowest BCUT2D eigenvalue weighted by atomic mass is 10.1. The SMILES string of the molecule is CNC(C)c1ccc(N2CCC=C(C)C2)c(Br)c1. The first kappa shape index (κ1) is 13.6. The number of rotatable bonds is 3. The predicted octanol–water partition coefficient (Wildman–Crippen LogP) is 3.89. The molecule has 1 aromatic carbocycles. The summed E-state index contributed by atoms with van der Waals surface area (Å²) in [6.07, 6.45) is 3.48. The van der Waals surface area contributed by atoms with Crippen molar-refractivity contribution in [2.75, 3.05) is 25.0 Å². The minimum Gasteiger partial charge on any atom is -0.366 e. The molecule has 0 aromatic heterocycles. The minimum atomic E-state index is 0.387. The van der Waals surface area contributed by atoms with Gasteiger partial charge in [-0.2, -0.15) is 0 Å². The van der Waals surface area contributed by atoms with Gasteiger partial charge < -0.3 is 10.2 Å². The van der Waals surface area contributed by atoms with Gasteiger partial charge in [-0.25, -0.2) is 0 Å². The van der Waals surface area contributed by atoms with E-state index in [2.05, 4.69) is 64.3 Å². The summed E-state index contributed by atoms with van der Waals surface area (Å²) < 4.78 is 1.19. The Kier molecular flexibility index (Phi) is 4.46. The number of nitrogens with one attached hydrogen (secondary N) is 1. The van der Waals surface area contributed by atoms with Crippen molar-refractivity contribution in [1.29, 1.82) is 0 Å². The van der Waals surface area contributed by atoms with E-state index in [1.807, 2.05) is 7.05 Å². The fraction of sp³-hybridized carbons (Fsp3) is 0.467. The number of nitrogens with zero attached hydrogens (tertiary/aromatic N) is 1. The van der Waals surface area contributed by atoms with Gasteiger partial charge in [0.05, 0.1) is 5.69 Å². The molecule has 0 amide bonds. The third-order valence-electron chi connectivity index (χ3n) is 3.58. The van der Waals surface area contributed by atoms with Crippen molar-refractivity contribution >= 4 is 21.6 Å². The third-order valence-corrected chi connectivity index (χ3v) is 4.21. The van der Waals surface area contributed by atoms with E-state index in [1.165, 1.54) is 21.3 Å². The van der Waals surface area contributed by atoms with Crippen LogP contribution in [0.1, 0.15) is 31.9 Å². The van der Waals surface area contributed by atoms with Crippen LogP contribution in [0.15, 0.2) is 34.3 Å². The molecule has 0 spiro atoms. The lowest BCUT2D eigenvalue weighted by Gasteiger charge is -2.29. The molecule has 1 aliphatic rings. The van der Waals surface area contributed by atoms with Crippen LogP contribution in [0.4, 0.5) is 5.69 Å². The second kappa shape index (κ2) is 5.89. The van der Waals surface area contributed by atoms with Crippen molar-refractivity contribution in [2.45, 2.75) is 26.3 Å². The summed E-state index contributed by atoms with van der Waals surface area (Å²) in [6, 6.07) is 7.06. The molecule has 0 aliphatic carbocycles. The quantitative estimate of drug-likeness (QED) is 0.852. The van der Waals surface area contributed by atoms with E-state index >= 15 is 0 Å². The first-order valence-electron chi connectivity index (χ1n) is 6.49. The first-order chi connectivity index (χ1) is 8.61. The van der Waals surface area contributed by atoms with Crippen LogP contribution in [0.25, 0.3) is 0 Å². The maximum atomic E-state index is 3.71. The summed E-state index contributed by atoms with van der Waals surface area (Å²) in [6.45, 7) is 6.53. The van der Waals surface area contributed by atoms with Crippen LogP contribution in [-0.4, -0.2) is 20.1 Å².